The van der Waals surface area contributed by atoms with Crippen molar-refractivity contribution >= 4 is 16.7 Å². The number of aromatic nitrogens is 1. The van der Waals surface area contributed by atoms with Gasteiger partial charge in [0.25, 0.3) is 0 Å². The summed E-state index contributed by atoms with van der Waals surface area (Å²) in [6.07, 6.45) is 1.96. The topological polar surface area (TPSA) is 50.2 Å². The number of nitrogens with zero attached hydrogens (tertiary/aromatic N) is 1. The maximum absolute atomic E-state index is 10.9. The predicted octanol–water partition coefficient (Wildman–Crippen LogP) is 3.30. The van der Waals surface area contributed by atoms with Gasteiger partial charge in [0, 0.05) is 22.7 Å². The van der Waals surface area contributed by atoms with Crippen LogP contribution in [0, 0.1) is 6.92 Å². The van der Waals surface area contributed by atoms with Gasteiger partial charge < -0.3 is 5.11 Å². The van der Waals surface area contributed by atoms with Crippen LogP contribution in [0.5, 0.6) is 0 Å². The van der Waals surface area contributed by atoms with Gasteiger partial charge in [0.15, 0.2) is 0 Å². The molecule has 1 aromatic heterocycles. The number of benzene rings is 1. The van der Waals surface area contributed by atoms with Crippen LogP contribution in [0.15, 0.2) is 30.5 Å². The molecule has 0 aliphatic heterocycles. The quantitative estimate of drug-likeness (QED) is 0.899. The molecule has 0 radical (unpaired) electrons. The molecule has 0 saturated carbocycles. The molecule has 1 N–H and O–H groups in total. The highest BCUT2D eigenvalue weighted by atomic mass is 16.4. The Morgan fingerprint density at radius 1 is 1.28 bits per heavy atom. The molecule has 0 amide bonds. The minimum atomic E-state index is -0.776. The SMILES string of the molecule is Cc1cc2ccc(C(C)(C)CC(=O)O)cc2cn1. The van der Waals surface area contributed by atoms with Crippen molar-refractivity contribution in [3.8, 4) is 0 Å². The van der Waals surface area contributed by atoms with Crippen molar-refractivity contribution in [1.82, 2.24) is 4.98 Å². The molecule has 0 aliphatic rings. The van der Waals surface area contributed by atoms with Gasteiger partial charge >= 0.3 is 5.97 Å². The number of aryl methyl sites for hydroxylation is 1. The normalized spacial score (nSPS) is 11.7. The van der Waals surface area contributed by atoms with Gasteiger partial charge in [0.05, 0.1) is 6.42 Å². The fraction of sp³-hybridized carbons (Fsp3) is 0.333. The second-order valence-electron chi connectivity index (χ2n) is 5.34. The van der Waals surface area contributed by atoms with E-state index < -0.39 is 5.97 Å². The third kappa shape index (κ3) is 2.50. The molecule has 3 heteroatoms. The Labute approximate surface area is 106 Å². The molecule has 0 atom stereocenters. The van der Waals surface area contributed by atoms with Gasteiger partial charge in [-0.3, -0.25) is 9.78 Å². The van der Waals surface area contributed by atoms with Crippen LogP contribution in [0.2, 0.25) is 0 Å². The van der Waals surface area contributed by atoms with E-state index in [0.717, 1.165) is 22.0 Å². The predicted molar refractivity (Wildman–Crippen MR) is 71.8 cm³/mol. The largest absolute Gasteiger partial charge is 0.481 e. The van der Waals surface area contributed by atoms with Gasteiger partial charge in [-0.1, -0.05) is 26.0 Å². The summed E-state index contributed by atoms with van der Waals surface area (Å²) in [6.45, 7) is 5.86. The number of fused-ring (bicyclic) bond motifs is 1. The first kappa shape index (κ1) is 12.6. The maximum atomic E-state index is 10.9. The molecule has 2 aromatic rings. The van der Waals surface area contributed by atoms with Gasteiger partial charge in [-0.05, 0) is 30.0 Å². The van der Waals surface area contributed by atoms with Gasteiger partial charge in [0.1, 0.15) is 0 Å². The minimum Gasteiger partial charge on any atom is -0.481 e. The molecule has 0 bridgehead atoms. The Bertz CT molecular complexity index is 602. The van der Waals surface area contributed by atoms with E-state index in [1.54, 1.807) is 0 Å². The smallest absolute Gasteiger partial charge is 0.304 e. The minimum absolute atomic E-state index is 0.123. The Kier molecular flexibility index (Phi) is 3.07. The standard InChI is InChI=1S/C15H17NO2/c1-10-6-11-4-5-13(7-12(11)9-16-10)15(2,3)8-14(17)18/h4-7,9H,8H2,1-3H3,(H,17,18). The zero-order valence-corrected chi connectivity index (χ0v) is 10.9. The molecule has 3 nitrogen and oxygen atoms in total. The van der Waals surface area contributed by atoms with Crippen molar-refractivity contribution in [2.45, 2.75) is 32.6 Å². The number of pyridine rings is 1. The van der Waals surface area contributed by atoms with Crippen molar-refractivity contribution in [2.75, 3.05) is 0 Å². The average Bonchev–Trinajstić information content (AvgIpc) is 2.26. The van der Waals surface area contributed by atoms with Crippen LogP contribution in [-0.4, -0.2) is 16.1 Å². The second kappa shape index (κ2) is 4.41. The molecule has 18 heavy (non-hydrogen) atoms. The van der Waals surface area contributed by atoms with E-state index in [2.05, 4.69) is 4.98 Å². The van der Waals surface area contributed by atoms with E-state index in [1.807, 2.05) is 51.2 Å². The lowest BCUT2D eigenvalue weighted by molar-refractivity contribution is -0.138. The first-order valence-corrected chi connectivity index (χ1v) is 5.97. The molecule has 94 valence electrons. The van der Waals surface area contributed by atoms with E-state index in [9.17, 15) is 4.79 Å². The molecular weight excluding hydrogens is 226 g/mol. The molecule has 0 fully saturated rings. The first-order valence-electron chi connectivity index (χ1n) is 5.97. The third-order valence-corrected chi connectivity index (χ3v) is 3.23. The summed E-state index contributed by atoms with van der Waals surface area (Å²) in [5.41, 5.74) is 1.65. The maximum Gasteiger partial charge on any atom is 0.304 e. The number of carboxylic acids is 1. The van der Waals surface area contributed by atoms with Gasteiger partial charge in [0.2, 0.25) is 0 Å². The lowest BCUT2D eigenvalue weighted by Crippen LogP contribution is -2.21. The van der Waals surface area contributed by atoms with Crippen LogP contribution in [0.3, 0.4) is 0 Å². The number of rotatable bonds is 3. The fourth-order valence-electron chi connectivity index (χ4n) is 2.15. The van der Waals surface area contributed by atoms with Crippen molar-refractivity contribution < 1.29 is 9.90 Å². The zero-order valence-electron chi connectivity index (χ0n) is 10.9. The summed E-state index contributed by atoms with van der Waals surface area (Å²) in [5.74, 6) is -0.776. The Hall–Kier alpha value is -1.90. The van der Waals surface area contributed by atoms with E-state index in [0.29, 0.717) is 0 Å². The van der Waals surface area contributed by atoms with Crippen molar-refractivity contribution in [2.24, 2.45) is 0 Å². The number of carbonyl (C=O) groups is 1. The monoisotopic (exact) mass is 243 g/mol. The molecule has 0 spiro atoms. The fourth-order valence-corrected chi connectivity index (χ4v) is 2.15. The molecule has 0 aliphatic carbocycles. The highest BCUT2D eigenvalue weighted by Crippen LogP contribution is 2.29. The molecular formula is C15H17NO2. The number of aliphatic carboxylic acids is 1. The summed E-state index contributed by atoms with van der Waals surface area (Å²) >= 11 is 0. The Balaban J connectivity index is 2.47. The van der Waals surface area contributed by atoms with Crippen LogP contribution < -0.4 is 0 Å². The Morgan fingerprint density at radius 3 is 2.67 bits per heavy atom. The molecule has 1 aromatic carbocycles. The van der Waals surface area contributed by atoms with Gasteiger partial charge in [-0.25, -0.2) is 0 Å². The zero-order chi connectivity index (χ0) is 13.3. The van der Waals surface area contributed by atoms with Crippen molar-refractivity contribution in [3.63, 3.8) is 0 Å². The third-order valence-electron chi connectivity index (χ3n) is 3.23. The second-order valence-corrected chi connectivity index (χ2v) is 5.34. The number of hydrogen-bond acceptors (Lipinski definition) is 2. The lowest BCUT2D eigenvalue weighted by Gasteiger charge is -2.23. The number of carboxylic acid groups (broad SMARTS) is 1. The highest BCUT2D eigenvalue weighted by molar-refractivity contribution is 5.83. The Morgan fingerprint density at radius 2 is 2.00 bits per heavy atom. The van der Waals surface area contributed by atoms with E-state index in [1.165, 1.54) is 0 Å². The molecule has 2 rings (SSSR count). The van der Waals surface area contributed by atoms with E-state index in [-0.39, 0.29) is 11.8 Å². The lowest BCUT2D eigenvalue weighted by atomic mass is 9.81. The molecule has 1 heterocycles. The summed E-state index contributed by atoms with van der Waals surface area (Å²) in [6, 6.07) is 8.10. The molecule has 0 unspecified atom stereocenters. The average molecular weight is 243 g/mol. The summed E-state index contributed by atoms with van der Waals surface area (Å²) in [4.78, 5) is 15.2. The van der Waals surface area contributed by atoms with Crippen LogP contribution in [0.4, 0.5) is 0 Å². The van der Waals surface area contributed by atoms with E-state index in [4.69, 9.17) is 5.11 Å². The summed E-state index contributed by atoms with van der Waals surface area (Å²) in [5, 5.41) is 11.1. The van der Waals surface area contributed by atoms with E-state index >= 15 is 0 Å². The number of hydrogen-bond donors (Lipinski definition) is 1. The van der Waals surface area contributed by atoms with Crippen LogP contribution >= 0.6 is 0 Å². The van der Waals surface area contributed by atoms with Gasteiger partial charge in [-0.2, -0.15) is 0 Å². The van der Waals surface area contributed by atoms with Crippen LogP contribution in [-0.2, 0) is 10.2 Å². The first-order chi connectivity index (χ1) is 8.38. The summed E-state index contributed by atoms with van der Waals surface area (Å²) < 4.78 is 0. The van der Waals surface area contributed by atoms with Crippen molar-refractivity contribution in [1.29, 1.82) is 0 Å². The highest BCUT2D eigenvalue weighted by Gasteiger charge is 2.24. The summed E-state index contributed by atoms with van der Waals surface area (Å²) in [7, 11) is 0. The van der Waals surface area contributed by atoms with Crippen molar-refractivity contribution in [3.05, 3.63) is 41.7 Å². The van der Waals surface area contributed by atoms with Crippen LogP contribution in [0.25, 0.3) is 10.8 Å². The molecule has 0 saturated heterocycles. The van der Waals surface area contributed by atoms with Gasteiger partial charge in [-0.15, -0.1) is 0 Å². The van der Waals surface area contributed by atoms with Crippen LogP contribution in [0.1, 0.15) is 31.5 Å².